The minimum atomic E-state index is -0.367. The van der Waals surface area contributed by atoms with Crippen LogP contribution >= 0.6 is 23.2 Å². The summed E-state index contributed by atoms with van der Waals surface area (Å²) >= 11 is 11.7. The summed E-state index contributed by atoms with van der Waals surface area (Å²) in [6, 6.07) is 9.30. The molecule has 2 N–H and O–H groups in total. The van der Waals surface area contributed by atoms with Crippen molar-refractivity contribution in [3.63, 3.8) is 0 Å². The van der Waals surface area contributed by atoms with Gasteiger partial charge in [-0.2, -0.15) is 0 Å². The third-order valence-corrected chi connectivity index (χ3v) is 2.87. The van der Waals surface area contributed by atoms with Gasteiger partial charge in [-0.25, -0.2) is 4.39 Å². The quantitative estimate of drug-likeness (QED) is 0.906. The summed E-state index contributed by atoms with van der Waals surface area (Å²) in [4.78, 5) is 0. The molecule has 0 amide bonds. The fraction of sp³-hybridized carbons (Fsp3) is 0.143. The second-order valence-corrected chi connectivity index (χ2v) is 4.91. The fourth-order valence-corrected chi connectivity index (χ4v) is 2.22. The van der Waals surface area contributed by atoms with Crippen LogP contribution in [0.3, 0.4) is 0 Å². The second kappa shape index (κ2) is 6.24. The molecule has 5 heteroatoms. The van der Waals surface area contributed by atoms with Gasteiger partial charge in [0.2, 0.25) is 0 Å². The van der Waals surface area contributed by atoms with Gasteiger partial charge in [0, 0.05) is 16.1 Å². The number of ether oxygens (including phenoxy) is 1. The molecule has 0 saturated carbocycles. The van der Waals surface area contributed by atoms with Crippen molar-refractivity contribution in [1.82, 2.24) is 0 Å². The molecule has 0 saturated heterocycles. The molecule has 2 aromatic rings. The van der Waals surface area contributed by atoms with E-state index in [1.54, 1.807) is 24.3 Å². The molecule has 0 bridgehead atoms. The Bertz CT molecular complexity index is 569. The maximum atomic E-state index is 13.4. The molecule has 2 aromatic carbocycles. The molecule has 2 nitrogen and oxygen atoms in total. The van der Waals surface area contributed by atoms with Gasteiger partial charge in [0.15, 0.2) is 0 Å². The SMILES string of the molecule is NCCc1cc(F)cc(Oc2cc(Cl)cc(Cl)c2)c1. The van der Waals surface area contributed by atoms with Crippen molar-refractivity contribution >= 4 is 23.2 Å². The molecule has 0 aromatic heterocycles. The standard InChI is InChI=1S/C14H12Cl2FNO/c15-10-5-11(16)7-14(6-10)19-13-4-9(1-2-18)3-12(17)8-13/h3-8H,1-2,18H2. The number of hydrogen-bond acceptors (Lipinski definition) is 2. The van der Waals surface area contributed by atoms with Gasteiger partial charge in [0.05, 0.1) is 0 Å². The molecular formula is C14H12Cl2FNO. The molecule has 0 unspecified atom stereocenters. The Morgan fingerprint density at radius 1 is 0.947 bits per heavy atom. The smallest absolute Gasteiger partial charge is 0.130 e. The Labute approximate surface area is 120 Å². The van der Waals surface area contributed by atoms with Crippen LogP contribution in [0.15, 0.2) is 36.4 Å². The molecule has 0 aliphatic heterocycles. The van der Waals surface area contributed by atoms with Gasteiger partial charge < -0.3 is 10.5 Å². The Morgan fingerprint density at radius 2 is 1.58 bits per heavy atom. The van der Waals surface area contributed by atoms with Crippen LogP contribution in [-0.4, -0.2) is 6.54 Å². The molecule has 2 rings (SSSR count). The van der Waals surface area contributed by atoms with Crippen LogP contribution in [0.1, 0.15) is 5.56 Å². The lowest BCUT2D eigenvalue weighted by Crippen LogP contribution is -2.03. The summed E-state index contributed by atoms with van der Waals surface area (Å²) in [5.41, 5.74) is 6.24. The molecule has 0 atom stereocenters. The van der Waals surface area contributed by atoms with Gasteiger partial charge in [-0.3, -0.25) is 0 Å². The van der Waals surface area contributed by atoms with E-state index >= 15 is 0 Å². The first-order valence-electron chi connectivity index (χ1n) is 5.70. The van der Waals surface area contributed by atoms with E-state index in [9.17, 15) is 4.39 Å². The van der Waals surface area contributed by atoms with Crippen LogP contribution in [0.2, 0.25) is 10.0 Å². The van der Waals surface area contributed by atoms with E-state index in [0.717, 1.165) is 5.56 Å². The fourth-order valence-electron chi connectivity index (χ4n) is 1.71. The summed E-state index contributed by atoms with van der Waals surface area (Å²) in [6.07, 6.45) is 0.588. The summed E-state index contributed by atoms with van der Waals surface area (Å²) in [5.74, 6) is 0.484. The zero-order valence-corrected chi connectivity index (χ0v) is 11.5. The van der Waals surface area contributed by atoms with E-state index in [4.69, 9.17) is 33.7 Å². The van der Waals surface area contributed by atoms with Crippen molar-refractivity contribution < 1.29 is 9.13 Å². The van der Waals surface area contributed by atoms with Gasteiger partial charge in [0.25, 0.3) is 0 Å². The zero-order chi connectivity index (χ0) is 13.8. The highest BCUT2D eigenvalue weighted by Crippen LogP contribution is 2.29. The minimum Gasteiger partial charge on any atom is -0.457 e. The van der Waals surface area contributed by atoms with Crippen LogP contribution in [0.25, 0.3) is 0 Å². The van der Waals surface area contributed by atoms with Gasteiger partial charge in [0.1, 0.15) is 17.3 Å². The molecule has 0 fully saturated rings. The Hall–Kier alpha value is -1.29. The molecule has 19 heavy (non-hydrogen) atoms. The Kier molecular flexibility index (Phi) is 4.64. The largest absolute Gasteiger partial charge is 0.457 e. The highest BCUT2D eigenvalue weighted by atomic mass is 35.5. The lowest BCUT2D eigenvalue weighted by atomic mass is 10.1. The first-order chi connectivity index (χ1) is 9.06. The molecule has 0 spiro atoms. The van der Waals surface area contributed by atoms with Gasteiger partial charge in [-0.1, -0.05) is 23.2 Å². The second-order valence-electron chi connectivity index (χ2n) is 4.04. The average Bonchev–Trinajstić information content (AvgIpc) is 2.26. The molecule has 0 aliphatic rings. The van der Waals surface area contributed by atoms with E-state index in [1.807, 2.05) is 0 Å². The van der Waals surface area contributed by atoms with E-state index in [0.29, 0.717) is 34.5 Å². The molecule has 0 aliphatic carbocycles. The van der Waals surface area contributed by atoms with Crippen molar-refractivity contribution in [3.05, 3.63) is 57.8 Å². The van der Waals surface area contributed by atoms with E-state index in [2.05, 4.69) is 0 Å². The minimum absolute atomic E-state index is 0.367. The van der Waals surface area contributed by atoms with Gasteiger partial charge >= 0.3 is 0 Å². The van der Waals surface area contributed by atoms with Crippen LogP contribution in [0.5, 0.6) is 11.5 Å². The molecule has 0 heterocycles. The Balaban J connectivity index is 2.27. The van der Waals surface area contributed by atoms with E-state index < -0.39 is 0 Å². The summed E-state index contributed by atoms with van der Waals surface area (Å²) in [5, 5.41) is 0.919. The van der Waals surface area contributed by atoms with Crippen molar-refractivity contribution in [3.8, 4) is 11.5 Å². The van der Waals surface area contributed by atoms with Crippen molar-refractivity contribution in [1.29, 1.82) is 0 Å². The highest BCUT2D eigenvalue weighted by Gasteiger charge is 2.05. The van der Waals surface area contributed by atoms with Crippen LogP contribution < -0.4 is 10.5 Å². The first-order valence-corrected chi connectivity index (χ1v) is 6.46. The van der Waals surface area contributed by atoms with Gasteiger partial charge in [-0.05, 0) is 48.9 Å². The predicted octanol–water partition coefficient (Wildman–Crippen LogP) is 4.43. The lowest BCUT2D eigenvalue weighted by Gasteiger charge is -2.09. The predicted molar refractivity (Wildman–Crippen MR) is 75.7 cm³/mol. The van der Waals surface area contributed by atoms with Crippen LogP contribution in [0.4, 0.5) is 4.39 Å². The summed E-state index contributed by atoms with van der Waals surface area (Å²) in [7, 11) is 0. The molecule has 0 radical (unpaired) electrons. The Morgan fingerprint density at radius 3 is 2.21 bits per heavy atom. The normalized spacial score (nSPS) is 10.5. The number of halogens is 3. The van der Waals surface area contributed by atoms with Crippen molar-refractivity contribution in [2.45, 2.75) is 6.42 Å². The number of benzene rings is 2. The topological polar surface area (TPSA) is 35.2 Å². The highest BCUT2D eigenvalue weighted by molar-refractivity contribution is 6.34. The number of rotatable bonds is 4. The molecular weight excluding hydrogens is 288 g/mol. The van der Waals surface area contributed by atoms with E-state index in [-0.39, 0.29) is 5.82 Å². The lowest BCUT2D eigenvalue weighted by molar-refractivity contribution is 0.476. The van der Waals surface area contributed by atoms with Crippen molar-refractivity contribution in [2.24, 2.45) is 5.73 Å². The van der Waals surface area contributed by atoms with Crippen LogP contribution in [0, 0.1) is 5.82 Å². The maximum Gasteiger partial charge on any atom is 0.130 e. The summed E-state index contributed by atoms with van der Waals surface area (Å²) < 4.78 is 19.0. The third-order valence-electron chi connectivity index (χ3n) is 2.44. The maximum absolute atomic E-state index is 13.4. The van der Waals surface area contributed by atoms with Gasteiger partial charge in [-0.15, -0.1) is 0 Å². The zero-order valence-electron chi connectivity index (χ0n) is 10.00. The van der Waals surface area contributed by atoms with Crippen molar-refractivity contribution in [2.75, 3.05) is 6.54 Å². The third kappa shape index (κ3) is 4.10. The monoisotopic (exact) mass is 299 g/mol. The summed E-state index contributed by atoms with van der Waals surface area (Å²) in [6.45, 7) is 0.450. The number of nitrogens with two attached hydrogens (primary N) is 1. The molecule has 100 valence electrons. The van der Waals surface area contributed by atoms with Crippen LogP contribution in [-0.2, 0) is 6.42 Å². The number of hydrogen-bond donors (Lipinski definition) is 1. The average molecular weight is 300 g/mol. The first kappa shape index (κ1) is 14.1. The van der Waals surface area contributed by atoms with E-state index in [1.165, 1.54) is 12.1 Å².